The lowest BCUT2D eigenvalue weighted by molar-refractivity contribution is 1.42. The number of rotatable bonds is 1. The highest BCUT2D eigenvalue weighted by Gasteiger charge is 1.98. The van der Waals surface area contributed by atoms with Crippen LogP contribution in [0.5, 0.6) is 0 Å². The fourth-order valence-corrected chi connectivity index (χ4v) is 1.25. The standard InChI is InChI=1S/C10H11N3/c11-9-3-1-7(2-4-9)8-5-10(12)13-6-8/h1-6,13H,11-12H2. The molecule has 1 heterocycles. The number of hydrogen-bond acceptors (Lipinski definition) is 2. The average Bonchev–Trinajstić information content (AvgIpc) is 2.53. The van der Waals surface area contributed by atoms with Gasteiger partial charge in [0.2, 0.25) is 0 Å². The van der Waals surface area contributed by atoms with Crippen molar-refractivity contribution in [2.24, 2.45) is 0 Å². The second-order valence-electron chi connectivity index (χ2n) is 2.97. The zero-order valence-electron chi connectivity index (χ0n) is 7.12. The van der Waals surface area contributed by atoms with Gasteiger partial charge in [-0.3, -0.25) is 0 Å². The molecule has 3 heteroatoms. The fourth-order valence-electron chi connectivity index (χ4n) is 1.25. The summed E-state index contributed by atoms with van der Waals surface area (Å²) in [5.74, 6) is 0.673. The average molecular weight is 173 g/mol. The smallest absolute Gasteiger partial charge is 0.101 e. The summed E-state index contributed by atoms with van der Waals surface area (Å²) in [5, 5.41) is 0. The molecule has 0 atom stereocenters. The first-order valence-corrected chi connectivity index (χ1v) is 4.05. The normalized spacial score (nSPS) is 10.2. The molecule has 3 nitrogen and oxygen atoms in total. The molecule has 0 bridgehead atoms. The Bertz CT molecular complexity index is 400. The van der Waals surface area contributed by atoms with E-state index in [-0.39, 0.29) is 0 Å². The molecule has 0 fully saturated rings. The van der Waals surface area contributed by atoms with Crippen LogP contribution in [-0.2, 0) is 0 Å². The summed E-state index contributed by atoms with van der Waals surface area (Å²) in [6, 6.07) is 9.58. The molecule has 1 aromatic carbocycles. The molecular weight excluding hydrogens is 162 g/mol. The van der Waals surface area contributed by atoms with Crippen LogP contribution in [-0.4, -0.2) is 4.98 Å². The van der Waals surface area contributed by atoms with Crippen LogP contribution in [0.1, 0.15) is 0 Å². The highest BCUT2D eigenvalue weighted by molar-refractivity contribution is 5.67. The van der Waals surface area contributed by atoms with Gasteiger partial charge in [-0.25, -0.2) is 0 Å². The van der Waals surface area contributed by atoms with Crippen LogP contribution in [0.4, 0.5) is 11.5 Å². The minimum atomic E-state index is 0.673. The molecule has 0 aliphatic carbocycles. The van der Waals surface area contributed by atoms with E-state index in [1.165, 1.54) is 0 Å². The second kappa shape index (κ2) is 2.86. The van der Waals surface area contributed by atoms with Crippen LogP contribution in [0.3, 0.4) is 0 Å². The zero-order chi connectivity index (χ0) is 9.26. The minimum absolute atomic E-state index is 0.673. The molecule has 66 valence electrons. The molecule has 0 spiro atoms. The van der Waals surface area contributed by atoms with Crippen molar-refractivity contribution < 1.29 is 0 Å². The Labute approximate surface area is 76.4 Å². The first-order chi connectivity index (χ1) is 6.25. The maximum absolute atomic E-state index is 5.58. The molecule has 2 aromatic rings. The van der Waals surface area contributed by atoms with Gasteiger partial charge in [0.05, 0.1) is 0 Å². The van der Waals surface area contributed by atoms with Crippen LogP contribution in [0.25, 0.3) is 11.1 Å². The summed E-state index contributed by atoms with van der Waals surface area (Å²) < 4.78 is 0. The third-order valence-electron chi connectivity index (χ3n) is 1.95. The largest absolute Gasteiger partial charge is 0.399 e. The first kappa shape index (κ1) is 7.73. The van der Waals surface area contributed by atoms with E-state index in [1.807, 2.05) is 36.5 Å². The van der Waals surface area contributed by atoms with E-state index < -0.39 is 0 Å². The summed E-state index contributed by atoms with van der Waals surface area (Å²) in [6.45, 7) is 0. The van der Waals surface area contributed by atoms with Gasteiger partial charge >= 0.3 is 0 Å². The Kier molecular flexibility index (Phi) is 1.70. The summed E-state index contributed by atoms with van der Waals surface area (Å²) in [4.78, 5) is 2.93. The van der Waals surface area contributed by atoms with Crippen LogP contribution < -0.4 is 11.5 Å². The molecule has 0 saturated carbocycles. The molecule has 5 N–H and O–H groups in total. The maximum Gasteiger partial charge on any atom is 0.101 e. The van der Waals surface area contributed by atoms with Crippen LogP contribution in [0.15, 0.2) is 36.5 Å². The third-order valence-corrected chi connectivity index (χ3v) is 1.95. The Morgan fingerprint density at radius 2 is 1.62 bits per heavy atom. The van der Waals surface area contributed by atoms with Gasteiger partial charge in [0.1, 0.15) is 5.82 Å². The predicted molar refractivity (Wildman–Crippen MR) is 55.1 cm³/mol. The van der Waals surface area contributed by atoms with Crippen molar-refractivity contribution in [1.29, 1.82) is 0 Å². The van der Waals surface area contributed by atoms with Gasteiger partial charge < -0.3 is 16.5 Å². The number of hydrogen-bond donors (Lipinski definition) is 3. The number of anilines is 2. The van der Waals surface area contributed by atoms with E-state index in [9.17, 15) is 0 Å². The fraction of sp³-hybridized carbons (Fsp3) is 0. The predicted octanol–water partition coefficient (Wildman–Crippen LogP) is 1.85. The van der Waals surface area contributed by atoms with E-state index >= 15 is 0 Å². The molecule has 0 amide bonds. The minimum Gasteiger partial charge on any atom is -0.399 e. The number of nitrogen functional groups attached to an aromatic ring is 2. The van der Waals surface area contributed by atoms with Gasteiger partial charge in [0.25, 0.3) is 0 Å². The van der Waals surface area contributed by atoms with Crippen molar-refractivity contribution in [3.63, 3.8) is 0 Å². The van der Waals surface area contributed by atoms with E-state index in [0.29, 0.717) is 5.82 Å². The number of benzene rings is 1. The number of aromatic nitrogens is 1. The summed E-state index contributed by atoms with van der Waals surface area (Å²) >= 11 is 0. The van der Waals surface area contributed by atoms with Crippen molar-refractivity contribution >= 4 is 11.5 Å². The first-order valence-electron chi connectivity index (χ1n) is 4.05. The lowest BCUT2D eigenvalue weighted by atomic mass is 10.1. The Balaban J connectivity index is 2.41. The van der Waals surface area contributed by atoms with Crippen molar-refractivity contribution in [2.45, 2.75) is 0 Å². The Morgan fingerprint density at radius 3 is 2.15 bits per heavy atom. The quantitative estimate of drug-likeness (QED) is 0.576. The maximum atomic E-state index is 5.58. The summed E-state index contributed by atoms with van der Waals surface area (Å²) in [7, 11) is 0. The lowest BCUT2D eigenvalue weighted by Gasteiger charge is -1.97. The van der Waals surface area contributed by atoms with Crippen molar-refractivity contribution in [2.75, 3.05) is 11.5 Å². The highest BCUT2D eigenvalue weighted by atomic mass is 14.8. The van der Waals surface area contributed by atoms with Crippen molar-refractivity contribution in [3.05, 3.63) is 36.5 Å². The third kappa shape index (κ3) is 1.49. The summed E-state index contributed by atoms with van der Waals surface area (Å²) in [5.41, 5.74) is 14.1. The molecule has 13 heavy (non-hydrogen) atoms. The molecule has 0 aliphatic heterocycles. The monoisotopic (exact) mass is 173 g/mol. The SMILES string of the molecule is Nc1ccc(-c2c[nH]c(N)c2)cc1. The molecule has 0 radical (unpaired) electrons. The van der Waals surface area contributed by atoms with Gasteiger partial charge in [-0.15, -0.1) is 0 Å². The van der Waals surface area contributed by atoms with Gasteiger partial charge in [-0.05, 0) is 23.8 Å². The van der Waals surface area contributed by atoms with E-state index in [1.54, 1.807) is 0 Å². The second-order valence-corrected chi connectivity index (χ2v) is 2.97. The van der Waals surface area contributed by atoms with Crippen molar-refractivity contribution in [1.82, 2.24) is 4.98 Å². The van der Waals surface area contributed by atoms with E-state index in [0.717, 1.165) is 16.8 Å². The van der Waals surface area contributed by atoms with Crippen molar-refractivity contribution in [3.8, 4) is 11.1 Å². The van der Waals surface area contributed by atoms with Crippen LogP contribution in [0.2, 0.25) is 0 Å². The molecule has 2 rings (SSSR count). The Morgan fingerprint density at radius 1 is 0.923 bits per heavy atom. The van der Waals surface area contributed by atoms with Gasteiger partial charge in [-0.2, -0.15) is 0 Å². The number of H-pyrrole nitrogens is 1. The summed E-state index contributed by atoms with van der Waals surface area (Å²) in [6.07, 6.45) is 1.88. The van der Waals surface area contributed by atoms with E-state index in [2.05, 4.69) is 4.98 Å². The Hall–Kier alpha value is -1.90. The van der Waals surface area contributed by atoms with Crippen LogP contribution >= 0.6 is 0 Å². The molecule has 0 saturated heterocycles. The highest BCUT2D eigenvalue weighted by Crippen LogP contribution is 2.21. The van der Waals surface area contributed by atoms with Gasteiger partial charge in [-0.1, -0.05) is 12.1 Å². The number of nitrogens with one attached hydrogen (secondary N) is 1. The number of aromatic amines is 1. The van der Waals surface area contributed by atoms with Crippen LogP contribution in [0, 0.1) is 0 Å². The molecule has 1 aromatic heterocycles. The molecular formula is C10H11N3. The van der Waals surface area contributed by atoms with E-state index in [4.69, 9.17) is 11.5 Å². The molecule has 0 aliphatic rings. The van der Waals surface area contributed by atoms with Gasteiger partial charge in [0, 0.05) is 17.4 Å². The topological polar surface area (TPSA) is 67.8 Å². The number of nitrogens with two attached hydrogens (primary N) is 2. The molecule has 0 unspecified atom stereocenters. The lowest BCUT2D eigenvalue weighted by Crippen LogP contribution is -1.82. The zero-order valence-corrected chi connectivity index (χ0v) is 7.12. The van der Waals surface area contributed by atoms with Gasteiger partial charge in [0.15, 0.2) is 0 Å².